The average Bonchev–Trinajstić information content (AvgIpc) is 2.81. The van der Waals surface area contributed by atoms with E-state index in [-0.39, 0.29) is 0 Å². The van der Waals surface area contributed by atoms with E-state index in [0.29, 0.717) is 0 Å². The van der Waals surface area contributed by atoms with Crippen LogP contribution in [0.15, 0.2) is 58.8 Å². The maximum absolute atomic E-state index is 5.86. The highest BCUT2D eigenvalue weighted by Gasteiger charge is 1.98. The molecule has 0 saturated carbocycles. The fourth-order valence-corrected chi connectivity index (χ4v) is 3.64. The summed E-state index contributed by atoms with van der Waals surface area (Å²) in [6, 6.07) is 16.3. The zero-order valence-corrected chi connectivity index (χ0v) is 19.8. The summed E-state index contributed by atoms with van der Waals surface area (Å²) in [6.07, 6.45) is 16.9. The maximum atomic E-state index is 5.86. The van der Waals surface area contributed by atoms with Gasteiger partial charge in [-0.15, -0.1) is 0 Å². The zero-order chi connectivity index (χ0) is 22.0. The molecule has 0 N–H and O–H groups in total. The van der Waals surface area contributed by atoms with E-state index in [0.717, 1.165) is 36.6 Å². The topological polar surface area (TPSA) is 34.0 Å². The van der Waals surface area contributed by atoms with Crippen molar-refractivity contribution in [1.82, 2.24) is 0 Å². The Bertz CT molecular complexity index is 707. The van der Waals surface area contributed by atoms with Gasteiger partial charge in [0.15, 0.2) is 0 Å². The molecule has 2 aromatic rings. The molecule has 0 unspecified atom stereocenters. The average molecular weight is 423 g/mol. The number of hydrogen-bond donors (Lipinski definition) is 0. The molecule has 0 radical (unpaired) electrons. The third-order valence-electron chi connectivity index (χ3n) is 5.64. The summed E-state index contributed by atoms with van der Waals surface area (Å²) < 4.78 is 5.86. The van der Waals surface area contributed by atoms with Gasteiger partial charge in [0.2, 0.25) is 0 Å². The Balaban J connectivity index is 1.61. The molecule has 0 aromatic heterocycles. The first-order valence-electron chi connectivity index (χ1n) is 12.6. The minimum atomic E-state index is 0.793. The number of rotatable bonds is 17. The number of aryl methyl sites for hydroxylation is 1. The lowest BCUT2D eigenvalue weighted by Crippen LogP contribution is -1.96. The second-order valence-corrected chi connectivity index (χ2v) is 8.49. The monoisotopic (exact) mass is 422 g/mol. The summed E-state index contributed by atoms with van der Waals surface area (Å²) in [4.78, 5) is 0. The molecule has 0 amide bonds. The van der Waals surface area contributed by atoms with Crippen molar-refractivity contribution in [3.05, 3.63) is 54.1 Å². The fraction of sp³-hybridized carbons (Fsp3) is 0.571. The van der Waals surface area contributed by atoms with E-state index in [1.807, 2.05) is 36.4 Å². The van der Waals surface area contributed by atoms with Crippen LogP contribution >= 0.6 is 0 Å². The molecule has 0 bridgehead atoms. The number of unbranched alkanes of at least 4 members (excludes halogenated alkanes) is 10. The second kappa shape index (κ2) is 16.5. The fourth-order valence-electron chi connectivity index (χ4n) is 3.64. The van der Waals surface area contributed by atoms with E-state index < -0.39 is 0 Å². The minimum absolute atomic E-state index is 0.793. The summed E-state index contributed by atoms with van der Waals surface area (Å²) in [5.41, 5.74) is 3.12. The highest BCUT2D eigenvalue weighted by Crippen LogP contribution is 2.22. The van der Waals surface area contributed by atoms with Crippen LogP contribution in [0, 0.1) is 0 Å². The summed E-state index contributed by atoms with van der Waals surface area (Å²) >= 11 is 0. The summed E-state index contributed by atoms with van der Waals surface area (Å²) in [5, 5.41) is 8.70. The van der Waals surface area contributed by atoms with E-state index in [2.05, 4.69) is 36.2 Å². The SMILES string of the molecule is CCCCCCCCCCCOc1ccc(N=Nc2ccc(CCCCC)cc2)cc1. The van der Waals surface area contributed by atoms with E-state index >= 15 is 0 Å². The van der Waals surface area contributed by atoms with Gasteiger partial charge in [-0.3, -0.25) is 0 Å². The van der Waals surface area contributed by atoms with Crippen LogP contribution < -0.4 is 4.74 Å². The minimum Gasteiger partial charge on any atom is -0.494 e. The van der Waals surface area contributed by atoms with Crippen molar-refractivity contribution in [3.8, 4) is 5.75 Å². The van der Waals surface area contributed by atoms with Gasteiger partial charge in [0.25, 0.3) is 0 Å². The molecule has 2 aromatic carbocycles. The summed E-state index contributed by atoms with van der Waals surface area (Å²) in [6.45, 7) is 5.30. The Hall–Kier alpha value is -2.16. The normalized spacial score (nSPS) is 11.3. The van der Waals surface area contributed by atoms with Crippen molar-refractivity contribution >= 4 is 11.4 Å². The summed E-state index contributed by atoms with van der Waals surface area (Å²) in [7, 11) is 0. The van der Waals surface area contributed by atoms with Gasteiger partial charge in [-0.1, -0.05) is 90.2 Å². The van der Waals surface area contributed by atoms with Gasteiger partial charge in [0.05, 0.1) is 18.0 Å². The molecule has 0 aliphatic heterocycles. The number of nitrogens with zero attached hydrogens (tertiary/aromatic N) is 2. The standard InChI is InChI=1S/C28H42N2O/c1-3-5-7-8-9-10-11-12-14-24-31-28-22-20-27(21-23-28)30-29-26-18-16-25(17-19-26)15-13-6-4-2/h16-23H,3-15,24H2,1-2H3. The van der Waals surface area contributed by atoms with Gasteiger partial charge in [-0.2, -0.15) is 10.2 Å². The van der Waals surface area contributed by atoms with Crippen molar-refractivity contribution in [2.24, 2.45) is 10.2 Å². The molecule has 0 saturated heterocycles. The molecular formula is C28H42N2O. The quantitative estimate of drug-likeness (QED) is 0.184. The molecule has 0 fully saturated rings. The first kappa shape index (κ1) is 25.1. The highest BCUT2D eigenvalue weighted by molar-refractivity contribution is 5.43. The van der Waals surface area contributed by atoms with Crippen LogP contribution in [0.1, 0.15) is 96.5 Å². The van der Waals surface area contributed by atoms with Crippen molar-refractivity contribution in [1.29, 1.82) is 0 Å². The molecule has 0 atom stereocenters. The predicted molar refractivity (Wildman–Crippen MR) is 133 cm³/mol. The van der Waals surface area contributed by atoms with Crippen LogP contribution in [0.25, 0.3) is 0 Å². The predicted octanol–water partition coefficient (Wildman–Crippen LogP) is 9.74. The van der Waals surface area contributed by atoms with Crippen molar-refractivity contribution < 1.29 is 4.74 Å². The van der Waals surface area contributed by atoms with Crippen molar-refractivity contribution in [2.45, 2.75) is 97.3 Å². The lowest BCUT2D eigenvalue weighted by atomic mass is 10.1. The van der Waals surface area contributed by atoms with Gasteiger partial charge in [-0.05, 0) is 61.2 Å². The molecule has 0 aliphatic rings. The van der Waals surface area contributed by atoms with E-state index in [1.54, 1.807) is 0 Å². The van der Waals surface area contributed by atoms with Crippen LogP contribution in [0.3, 0.4) is 0 Å². The zero-order valence-electron chi connectivity index (χ0n) is 19.8. The molecular weight excluding hydrogens is 380 g/mol. The molecule has 0 aliphatic carbocycles. The van der Waals surface area contributed by atoms with Gasteiger partial charge >= 0.3 is 0 Å². The van der Waals surface area contributed by atoms with Crippen LogP contribution in [0.2, 0.25) is 0 Å². The Labute approximate surface area is 190 Å². The lowest BCUT2D eigenvalue weighted by Gasteiger charge is -2.06. The molecule has 31 heavy (non-hydrogen) atoms. The van der Waals surface area contributed by atoms with Gasteiger partial charge < -0.3 is 4.74 Å². The first-order valence-corrected chi connectivity index (χ1v) is 12.6. The Morgan fingerprint density at radius 1 is 0.548 bits per heavy atom. The van der Waals surface area contributed by atoms with E-state index in [1.165, 1.54) is 76.2 Å². The maximum Gasteiger partial charge on any atom is 0.119 e. The highest BCUT2D eigenvalue weighted by atomic mass is 16.5. The Morgan fingerprint density at radius 3 is 1.61 bits per heavy atom. The van der Waals surface area contributed by atoms with Crippen LogP contribution in [-0.2, 0) is 6.42 Å². The number of hydrogen-bond acceptors (Lipinski definition) is 3. The largest absolute Gasteiger partial charge is 0.494 e. The third-order valence-corrected chi connectivity index (χ3v) is 5.64. The molecule has 0 spiro atoms. The molecule has 3 heteroatoms. The van der Waals surface area contributed by atoms with Crippen LogP contribution in [-0.4, -0.2) is 6.61 Å². The van der Waals surface area contributed by atoms with Crippen molar-refractivity contribution in [2.75, 3.05) is 6.61 Å². The second-order valence-electron chi connectivity index (χ2n) is 8.49. The Morgan fingerprint density at radius 2 is 1.03 bits per heavy atom. The Kier molecular flexibility index (Phi) is 13.4. The van der Waals surface area contributed by atoms with Crippen molar-refractivity contribution in [3.63, 3.8) is 0 Å². The van der Waals surface area contributed by atoms with Gasteiger partial charge in [-0.25, -0.2) is 0 Å². The molecule has 170 valence electrons. The number of ether oxygens (including phenoxy) is 1. The lowest BCUT2D eigenvalue weighted by molar-refractivity contribution is 0.304. The smallest absolute Gasteiger partial charge is 0.119 e. The van der Waals surface area contributed by atoms with Gasteiger partial charge in [0.1, 0.15) is 5.75 Å². The van der Waals surface area contributed by atoms with E-state index in [4.69, 9.17) is 4.74 Å². The van der Waals surface area contributed by atoms with Crippen LogP contribution in [0.4, 0.5) is 11.4 Å². The van der Waals surface area contributed by atoms with Crippen LogP contribution in [0.5, 0.6) is 5.75 Å². The molecule has 2 rings (SSSR count). The molecule has 3 nitrogen and oxygen atoms in total. The number of azo groups is 1. The third kappa shape index (κ3) is 11.7. The van der Waals surface area contributed by atoms with Gasteiger partial charge in [0, 0.05) is 0 Å². The number of benzene rings is 2. The van der Waals surface area contributed by atoms with E-state index in [9.17, 15) is 0 Å². The molecule has 0 heterocycles. The first-order chi connectivity index (χ1) is 15.3. The summed E-state index contributed by atoms with van der Waals surface area (Å²) in [5.74, 6) is 0.912.